The van der Waals surface area contributed by atoms with E-state index in [1.165, 1.54) is 12.0 Å². The van der Waals surface area contributed by atoms with Crippen LogP contribution in [0.3, 0.4) is 0 Å². The van der Waals surface area contributed by atoms with Gasteiger partial charge in [0.15, 0.2) is 0 Å². The summed E-state index contributed by atoms with van der Waals surface area (Å²) in [7, 11) is 1.54. The van der Waals surface area contributed by atoms with Crippen molar-refractivity contribution in [3.8, 4) is 11.8 Å². The molecule has 0 saturated heterocycles. The molecule has 1 unspecified atom stereocenters. The lowest BCUT2D eigenvalue weighted by Crippen LogP contribution is -2.36. The first kappa shape index (κ1) is 14.3. The van der Waals surface area contributed by atoms with E-state index in [1.807, 2.05) is 18.2 Å². The Morgan fingerprint density at radius 1 is 1.56 bits per heavy atom. The summed E-state index contributed by atoms with van der Waals surface area (Å²) in [6.07, 6.45) is 0.243. The summed E-state index contributed by atoms with van der Waals surface area (Å²) < 4.78 is 5.22. The zero-order valence-corrected chi connectivity index (χ0v) is 11.1. The molecule has 4 nitrogen and oxygen atoms in total. The lowest BCUT2D eigenvalue weighted by molar-refractivity contribution is -0.118. The van der Waals surface area contributed by atoms with Gasteiger partial charge in [0, 0.05) is 6.54 Å². The van der Waals surface area contributed by atoms with Gasteiger partial charge in [-0.05, 0) is 19.1 Å². The van der Waals surface area contributed by atoms with Crippen LogP contribution in [0.4, 0.5) is 5.69 Å². The highest BCUT2D eigenvalue weighted by atomic mass is 35.5. The van der Waals surface area contributed by atoms with Crippen molar-refractivity contribution in [3.63, 3.8) is 0 Å². The fraction of sp³-hybridized carbons (Fsp3) is 0.385. The van der Waals surface area contributed by atoms with E-state index in [2.05, 4.69) is 0 Å². The lowest BCUT2D eigenvalue weighted by atomic mass is 10.2. The quantitative estimate of drug-likeness (QED) is 0.770. The van der Waals surface area contributed by atoms with Crippen molar-refractivity contribution in [3.05, 3.63) is 24.3 Å². The van der Waals surface area contributed by atoms with E-state index in [-0.39, 0.29) is 12.3 Å². The fourth-order valence-corrected chi connectivity index (χ4v) is 1.70. The second kappa shape index (κ2) is 6.87. The summed E-state index contributed by atoms with van der Waals surface area (Å²) in [5.41, 5.74) is 0.632. The number of nitriles is 1. The van der Waals surface area contributed by atoms with Gasteiger partial charge >= 0.3 is 0 Å². The first-order valence-electron chi connectivity index (χ1n) is 5.57. The molecule has 0 aliphatic carbocycles. The molecule has 0 fully saturated rings. The number of carbonyl (C=O) groups excluding carboxylic acids is 1. The highest BCUT2D eigenvalue weighted by Crippen LogP contribution is 2.28. The first-order chi connectivity index (χ1) is 8.61. The molecule has 0 spiro atoms. The molecule has 0 N–H and O–H groups in total. The van der Waals surface area contributed by atoms with E-state index in [4.69, 9.17) is 21.6 Å². The summed E-state index contributed by atoms with van der Waals surface area (Å²) >= 11 is 5.83. The maximum Gasteiger partial charge on any atom is 0.244 e. The summed E-state index contributed by atoms with van der Waals surface area (Å²) in [4.78, 5) is 13.5. The Morgan fingerprint density at radius 3 is 2.78 bits per heavy atom. The Morgan fingerprint density at radius 2 is 2.22 bits per heavy atom. The molecule has 0 heterocycles. The van der Waals surface area contributed by atoms with Crippen molar-refractivity contribution in [2.24, 2.45) is 0 Å². The van der Waals surface area contributed by atoms with Gasteiger partial charge in [0.05, 0.1) is 25.3 Å². The van der Waals surface area contributed by atoms with Crippen LogP contribution in [0.25, 0.3) is 0 Å². The van der Waals surface area contributed by atoms with Crippen molar-refractivity contribution >= 4 is 23.2 Å². The molecule has 1 amide bonds. The topological polar surface area (TPSA) is 53.3 Å². The van der Waals surface area contributed by atoms with E-state index in [0.717, 1.165) is 0 Å². The molecule has 0 aliphatic heterocycles. The summed E-state index contributed by atoms with van der Waals surface area (Å²) in [6, 6.07) is 9.19. The Labute approximate surface area is 112 Å². The van der Waals surface area contributed by atoms with Gasteiger partial charge in [-0.15, -0.1) is 11.6 Å². The van der Waals surface area contributed by atoms with Gasteiger partial charge < -0.3 is 9.64 Å². The van der Waals surface area contributed by atoms with Crippen molar-refractivity contribution in [2.75, 3.05) is 18.6 Å². The number of benzene rings is 1. The normalized spacial score (nSPS) is 11.4. The minimum atomic E-state index is -0.645. The van der Waals surface area contributed by atoms with Gasteiger partial charge in [0.1, 0.15) is 11.1 Å². The first-order valence-corrected chi connectivity index (χ1v) is 6.01. The van der Waals surface area contributed by atoms with Crippen molar-refractivity contribution in [2.45, 2.75) is 18.7 Å². The summed E-state index contributed by atoms with van der Waals surface area (Å²) in [6.45, 7) is 1.91. The number of nitrogens with zero attached hydrogens (tertiary/aromatic N) is 2. The number of ether oxygens (including phenoxy) is 1. The molecular weight excluding hydrogens is 252 g/mol. The molecule has 0 aliphatic rings. The van der Waals surface area contributed by atoms with E-state index < -0.39 is 5.38 Å². The highest BCUT2D eigenvalue weighted by Gasteiger charge is 2.22. The Kier molecular flexibility index (Phi) is 5.47. The molecule has 0 saturated carbocycles. The summed E-state index contributed by atoms with van der Waals surface area (Å²) in [5.74, 6) is 0.345. The third kappa shape index (κ3) is 3.38. The second-order valence-corrected chi connectivity index (χ2v) is 4.34. The number of para-hydroxylation sites is 2. The lowest BCUT2D eigenvalue weighted by Gasteiger charge is -2.24. The maximum absolute atomic E-state index is 12.0. The van der Waals surface area contributed by atoms with Crippen molar-refractivity contribution in [1.82, 2.24) is 0 Å². The zero-order valence-electron chi connectivity index (χ0n) is 10.4. The number of hydrogen-bond acceptors (Lipinski definition) is 3. The molecular formula is C13H15ClN2O2. The van der Waals surface area contributed by atoms with Crippen molar-refractivity contribution < 1.29 is 9.53 Å². The summed E-state index contributed by atoms with van der Waals surface area (Å²) in [5, 5.41) is 8.01. The molecule has 1 aromatic carbocycles. The number of carbonyl (C=O) groups is 1. The fourth-order valence-electron chi connectivity index (χ4n) is 1.58. The van der Waals surface area contributed by atoms with E-state index in [1.54, 1.807) is 19.1 Å². The molecule has 1 aromatic rings. The minimum Gasteiger partial charge on any atom is -0.495 e. The van der Waals surface area contributed by atoms with Gasteiger partial charge in [-0.3, -0.25) is 4.79 Å². The van der Waals surface area contributed by atoms with E-state index >= 15 is 0 Å². The predicted octanol–water partition coefficient (Wildman–Crippen LogP) is 2.57. The molecule has 1 rings (SSSR count). The van der Waals surface area contributed by atoms with Crippen LogP contribution in [0, 0.1) is 11.3 Å². The Bertz CT molecular complexity index is 455. The van der Waals surface area contributed by atoms with Crippen LogP contribution in [-0.4, -0.2) is 24.9 Å². The maximum atomic E-state index is 12.0. The number of alkyl halides is 1. The smallest absolute Gasteiger partial charge is 0.244 e. The van der Waals surface area contributed by atoms with Crippen LogP contribution in [0.1, 0.15) is 13.3 Å². The molecule has 0 aromatic heterocycles. The van der Waals surface area contributed by atoms with E-state index in [0.29, 0.717) is 18.0 Å². The third-order valence-electron chi connectivity index (χ3n) is 2.43. The largest absolute Gasteiger partial charge is 0.495 e. The standard InChI is InChI=1S/C13H15ClN2O2/c1-10(14)13(17)16(9-5-8-15)11-6-3-4-7-12(11)18-2/h3-4,6-7,10H,5,9H2,1-2H3. The number of amides is 1. The SMILES string of the molecule is COc1ccccc1N(CCC#N)C(=O)C(C)Cl. The van der Waals surface area contributed by atoms with Gasteiger partial charge in [-0.1, -0.05) is 12.1 Å². The monoisotopic (exact) mass is 266 g/mol. The van der Waals surface area contributed by atoms with Gasteiger partial charge in [-0.25, -0.2) is 0 Å². The van der Waals surface area contributed by atoms with Crippen LogP contribution in [0.5, 0.6) is 5.75 Å². The molecule has 0 radical (unpaired) electrons. The second-order valence-electron chi connectivity index (χ2n) is 3.69. The van der Waals surface area contributed by atoms with Crippen molar-refractivity contribution in [1.29, 1.82) is 5.26 Å². The van der Waals surface area contributed by atoms with E-state index in [9.17, 15) is 4.79 Å². The van der Waals surface area contributed by atoms with Gasteiger partial charge in [0.2, 0.25) is 5.91 Å². The number of hydrogen-bond donors (Lipinski definition) is 0. The highest BCUT2D eigenvalue weighted by molar-refractivity contribution is 6.32. The van der Waals surface area contributed by atoms with Gasteiger partial charge in [-0.2, -0.15) is 5.26 Å². The van der Waals surface area contributed by atoms with Crippen LogP contribution in [-0.2, 0) is 4.79 Å². The molecule has 96 valence electrons. The number of anilines is 1. The average molecular weight is 267 g/mol. The number of halogens is 1. The van der Waals surface area contributed by atoms with Crippen LogP contribution >= 0.6 is 11.6 Å². The average Bonchev–Trinajstić information content (AvgIpc) is 2.39. The Balaban J connectivity index is 3.09. The van der Waals surface area contributed by atoms with Gasteiger partial charge in [0.25, 0.3) is 0 Å². The third-order valence-corrected chi connectivity index (χ3v) is 2.62. The van der Waals surface area contributed by atoms with Crippen LogP contribution in [0.2, 0.25) is 0 Å². The Hall–Kier alpha value is -1.73. The number of rotatable bonds is 5. The molecule has 0 bridgehead atoms. The molecule has 5 heteroatoms. The number of methoxy groups -OCH3 is 1. The van der Waals surface area contributed by atoms with Crippen LogP contribution in [0.15, 0.2) is 24.3 Å². The molecule has 1 atom stereocenters. The molecule has 18 heavy (non-hydrogen) atoms. The minimum absolute atomic E-state index is 0.239. The van der Waals surface area contributed by atoms with Crippen LogP contribution < -0.4 is 9.64 Å². The zero-order chi connectivity index (χ0) is 13.5. The predicted molar refractivity (Wildman–Crippen MR) is 70.9 cm³/mol.